The molecule has 0 radical (unpaired) electrons. The molecule has 0 saturated heterocycles. The molecule has 70 valence electrons. The van der Waals surface area contributed by atoms with Crippen molar-refractivity contribution >= 4 is 21.7 Å². The maximum absolute atomic E-state index is 4.31. The van der Waals surface area contributed by atoms with Crippen molar-refractivity contribution in [1.29, 1.82) is 0 Å². The molecule has 0 aliphatic heterocycles. The van der Waals surface area contributed by atoms with E-state index in [1.807, 2.05) is 18.2 Å². The summed E-state index contributed by atoms with van der Waals surface area (Å²) in [5.74, 6) is 0.961. The normalized spacial score (nSPS) is 18.3. The van der Waals surface area contributed by atoms with Crippen LogP contribution in [-0.4, -0.2) is 11.5 Å². The molecule has 2 nitrogen and oxygen atoms in total. The highest BCUT2D eigenvalue weighted by Crippen LogP contribution is 2.44. The van der Waals surface area contributed by atoms with Crippen LogP contribution >= 0.6 is 15.9 Å². The average molecular weight is 241 g/mol. The molecule has 0 amide bonds. The van der Waals surface area contributed by atoms with Crippen LogP contribution in [0.1, 0.15) is 19.8 Å². The van der Waals surface area contributed by atoms with Gasteiger partial charge in [-0.3, -0.25) is 0 Å². The lowest BCUT2D eigenvalue weighted by Gasteiger charge is -2.10. The fourth-order valence-electron chi connectivity index (χ4n) is 1.20. The Bertz CT molecular complexity index is 308. The summed E-state index contributed by atoms with van der Waals surface area (Å²) >= 11 is 3.35. The molecule has 0 atom stereocenters. The van der Waals surface area contributed by atoms with Gasteiger partial charge in [-0.1, -0.05) is 13.0 Å². The fraction of sp³-hybridized carbons (Fsp3) is 0.500. The van der Waals surface area contributed by atoms with Crippen molar-refractivity contribution in [3.63, 3.8) is 0 Å². The molecule has 1 fully saturated rings. The summed E-state index contributed by atoms with van der Waals surface area (Å²) in [5, 5.41) is 3.35. The molecule has 1 aromatic rings. The molecule has 1 aromatic heterocycles. The zero-order chi connectivity index (χ0) is 9.31. The molecule has 0 aromatic carbocycles. The Morgan fingerprint density at radius 3 is 2.92 bits per heavy atom. The number of rotatable bonds is 3. The number of halogens is 1. The standard InChI is InChI=1S/C10H13BrN2/c1-10(5-6-10)7-12-9-4-2-3-8(11)13-9/h2-4H,5-7H2,1H3,(H,12,13). The first-order chi connectivity index (χ1) is 6.18. The van der Waals surface area contributed by atoms with Gasteiger partial charge in [-0.15, -0.1) is 0 Å². The number of aromatic nitrogens is 1. The minimum Gasteiger partial charge on any atom is -0.369 e. The average Bonchev–Trinajstić information content (AvgIpc) is 2.82. The minimum atomic E-state index is 0.532. The van der Waals surface area contributed by atoms with Crippen molar-refractivity contribution in [2.75, 3.05) is 11.9 Å². The van der Waals surface area contributed by atoms with Crippen LogP contribution in [0.25, 0.3) is 0 Å². The van der Waals surface area contributed by atoms with E-state index < -0.39 is 0 Å². The van der Waals surface area contributed by atoms with Crippen molar-refractivity contribution < 1.29 is 0 Å². The number of nitrogens with one attached hydrogen (secondary N) is 1. The topological polar surface area (TPSA) is 24.9 Å². The third kappa shape index (κ3) is 2.44. The lowest BCUT2D eigenvalue weighted by Crippen LogP contribution is -2.12. The van der Waals surface area contributed by atoms with E-state index in [0.717, 1.165) is 17.0 Å². The molecule has 13 heavy (non-hydrogen) atoms. The molecule has 1 saturated carbocycles. The summed E-state index contributed by atoms with van der Waals surface area (Å²) in [7, 11) is 0. The van der Waals surface area contributed by atoms with Crippen LogP contribution in [0, 0.1) is 5.41 Å². The SMILES string of the molecule is CC1(CNc2cccc(Br)n2)CC1. The zero-order valence-corrected chi connectivity index (χ0v) is 9.26. The van der Waals surface area contributed by atoms with Crippen LogP contribution in [0.15, 0.2) is 22.8 Å². The second kappa shape index (κ2) is 3.29. The van der Waals surface area contributed by atoms with Gasteiger partial charge >= 0.3 is 0 Å². The quantitative estimate of drug-likeness (QED) is 0.822. The van der Waals surface area contributed by atoms with Gasteiger partial charge in [0.15, 0.2) is 0 Å². The Balaban J connectivity index is 1.94. The molecule has 0 bridgehead atoms. The Morgan fingerprint density at radius 1 is 1.54 bits per heavy atom. The molecule has 1 aliphatic carbocycles. The van der Waals surface area contributed by atoms with Gasteiger partial charge in [0.05, 0.1) is 0 Å². The zero-order valence-electron chi connectivity index (χ0n) is 7.68. The highest BCUT2D eigenvalue weighted by molar-refractivity contribution is 9.10. The van der Waals surface area contributed by atoms with Crippen molar-refractivity contribution in [3.05, 3.63) is 22.8 Å². The first-order valence-electron chi connectivity index (χ1n) is 4.54. The summed E-state index contributed by atoms with van der Waals surface area (Å²) in [6.07, 6.45) is 2.68. The monoisotopic (exact) mass is 240 g/mol. The van der Waals surface area contributed by atoms with Gasteiger partial charge in [-0.2, -0.15) is 0 Å². The van der Waals surface area contributed by atoms with Crippen LogP contribution in [0.4, 0.5) is 5.82 Å². The smallest absolute Gasteiger partial charge is 0.127 e. The third-order valence-electron chi connectivity index (χ3n) is 2.51. The second-order valence-electron chi connectivity index (χ2n) is 4.01. The van der Waals surface area contributed by atoms with Crippen molar-refractivity contribution in [1.82, 2.24) is 4.98 Å². The Labute approximate surface area is 86.9 Å². The van der Waals surface area contributed by atoms with E-state index in [-0.39, 0.29) is 0 Å². The van der Waals surface area contributed by atoms with E-state index in [9.17, 15) is 0 Å². The van der Waals surface area contributed by atoms with Crippen molar-refractivity contribution in [2.24, 2.45) is 5.41 Å². The van der Waals surface area contributed by atoms with Gasteiger partial charge in [-0.05, 0) is 46.3 Å². The first kappa shape index (κ1) is 9.00. The van der Waals surface area contributed by atoms with E-state index in [1.165, 1.54) is 12.8 Å². The highest BCUT2D eigenvalue weighted by Gasteiger charge is 2.36. The van der Waals surface area contributed by atoms with Gasteiger partial charge in [0.25, 0.3) is 0 Å². The number of nitrogens with zero attached hydrogens (tertiary/aromatic N) is 1. The van der Waals surface area contributed by atoms with Crippen LogP contribution in [0.2, 0.25) is 0 Å². The van der Waals surface area contributed by atoms with Crippen LogP contribution in [0.5, 0.6) is 0 Å². The lowest BCUT2D eigenvalue weighted by molar-refractivity contribution is 0.609. The molecular weight excluding hydrogens is 228 g/mol. The largest absolute Gasteiger partial charge is 0.369 e. The van der Waals surface area contributed by atoms with Crippen molar-refractivity contribution in [2.45, 2.75) is 19.8 Å². The summed E-state index contributed by atoms with van der Waals surface area (Å²) in [5.41, 5.74) is 0.532. The Hall–Kier alpha value is -0.570. The van der Waals surface area contributed by atoms with Gasteiger partial charge in [-0.25, -0.2) is 4.98 Å². The van der Waals surface area contributed by atoms with Crippen LogP contribution in [-0.2, 0) is 0 Å². The lowest BCUT2D eigenvalue weighted by atomic mass is 10.1. The second-order valence-corrected chi connectivity index (χ2v) is 4.82. The molecule has 1 aliphatic rings. The predicted octanol–water partition coefficient (Wildman–Crippen LogP) is 3.06. The molecule has 1 N–H and O–H groups in total. The van der Waals surface area contributed by atoms with E-state index in [0.29, 0.717) is 5.41 Å². The molecule has 1 heterocycles. The van der Waals surface area contributed by atoms with Gasteiger partial charge in [0.1, 0.15) is 10.4 Å². The maximum atomic E-state index is 4.31. The number of hydrogen-bond donors (Lipinski definition) is 1. The first-order valence-corrected chi connectivity index (χ1v) is 5.34. The number of pyridine rings is 1. The highest BCUT2D eigenvalue weighted by atomic mass is 79.9. The summed E-state index contributed by atoms with van der Waals surface area (Å²) in [4.78, 5) is 4.31. The van der Waals surface area contributed by atoms with Crippen molar-refractivity contribution in [3.8, 4) is 0 Å². The molecular formula is C10H13BrN2. The van der Waals surface area contributed by atoms with Crippen LogP contribution < -0.4 is 5.32 Å². The van der Waals surface area contributed by atoms with E-state index >= 15 is 0 Å². The number of hydrogen-bond acceptors (Lipinski definition) is 2. The van der Waals surface area contributed by atoms with Gasteiger partial charge in [0.2, 0.25) is 0 Å². The summed E-state index contributed by atoms with van der Waals surface area (Å²) < 4.78 is 0.887. The van der Waals surface area contributed by atoms with E-state index in [1.54, 1.807) is 0 Å². The van der Waals surface area contributed by atoms with E-state index in [2.05, 4.69) is 33.2 Å². The number of anilines is 1. The summed E-state index contributed by atoms with van der Waals surface area (Å²) in [6, 6.07) is 5.93. The molecule has 0 spiro atoms. The minimum absolute atomic E-state index is 0.532. The van der Waals surface area contributed by atoms with Gasteiger partial charge < -0.3 is 5.32 Å². The Kier molecular flexibility index (Phi) is 2.28. The Morgan fingerprint density at radius 2 is 2.31 bits per heavy atom. The van der Waals surface area contributed by atoms with Gasteiger partial charge in [0, 0.05) is 6.54 Å². The summed E-state index contributed by atoms with van der Waals surface area (Å²) in [6.45, 7) is 3.34. The van der Waals surface area contributed by atoms with E-state index in [4.69, 9.17) is 0 Å². The molecule has 2 rings (SSSR count). The fourth-order valence-corrected chi connectivity index (χ4v) is 1.54. The third-order valence-corrected chi connectivity index (χ3v) is 2.96. The predicted molar refractivity (Wildman–Crippen MR) is 57.8 cm³/mol. The maximum Gasteiger partial charge on any atom is 0.127 e. The molecule has 0 unspecified atom stereocenters. The molecule has 3 heteroatoms. The van der Waals surface area contributed by atoms with Crippen LogP contribution in [0.3, 0.4) is 0 Å².